The number of amides is 2. The Morgan fingerprint density at radius 3 is 2.59 bits per heavy atom. The quantitative estimate of drug-likeness (QED) is 0.514. The summed E-state index contributed by atoms with van der Waals surface area (Å²) in [7, 11) is 0. The highest BCUT2D eigenvalue weighted by atomic mass is 16.6. The van der Waals surface area contributed by atoms with E-state index in [4.69, 9.17) is 0 Å². The highest BCUT2D eigenvalue weighted by Gasteiger charge is 2.24. The molecule has 1 saturated carbocycles. The maximum absolute atomic E-state index is 12.3. The highest BCUT2D eigenvalue weighted by molar-refractivity contribution is 6.01. The topological polar surface area (TPSA) is 113 Å². The molecule has 0 heterocycles. The Bertz CT molecular complexity index is 893. The van der Waals surface area contributed by atoms with Crippen molar-refractivity contribution in [1.29, 1.82) is 0 Å². The molecule has 3 N–H and O–H groups in total. The van der Waals surface area contributed by atoms with Gasteiger partial charge >= 0.3 is 0 Å². The van der Waals surface area contributed by atoms with E-state index in [9.17, 15) is 19.7 Å². The molecule has 0 aliphatic heterocycles. The highest BCUT2D eigenvalue weighted by Crippen LogP contribution is 2.25. The second-order valence-electron chi connectivity index (χ2n) is 6.47. The number of nitro benzene ring substituents is 1. The summed E-state index contributed by atoms with van der Waals surface area (Å²) in [5.41, 5.74) is 1.70. The number of hydrogen-bond acceptors (Lipinski definition) is 5. The van der Waals surface area contributed by atoms with Crippen LogP contribution in [0.4, 0.5) is 17.1 Å². The maximum atomic E-state index is 12.3. The first-order chi connectivity index (χ1) is 12.9. The van der Waals surface area contributed by atoms with Gasteiger partial charge < -0.3 is 16.0 Å². The first-order valence-electron chi connectivity index (χ1n) is 8.62. The van der Waals surface area contributed by atoms with E-state index in [0.717, 1.165) is 18.4 Å². The van der Waals surface area contributed by atoms with E-state index in [0.29, 0.717) is 11.3 Å². The molecule has 0 unspecified atom stereocenters. The van der Waals surface area contributed by atoms with Crippen LogP contribution in [-0.2, 0) is 4.79 Å². The Balaban J connectivity index is 1.65. The van der Waals surface area contributed by atoms with Crippen LogP contribution < -0.4 is 16.0 Å². The average Bonchev–Trinajstić information content (AvgIpc) is 3.45. The molecule has 3 rings (SSSR count). The lowest BCUT2D eigenvalue weighted by Gasteiger charge is -2.12. The summed E-state index contributed by atoms with van der Waals surface area (Å²) >= 11 is 0. The number of aryl methyl sites for hydroxylation is 1. The fraction of sp³-hybridized carbons (Fsp3) is 0.263. The molecule has 1 fully saturated rings. The lowest BCUT2D eigenvalue weighted by molar-refractivity contribution is -0.384. The van der Waals surface area contributed by atoms with Crippen LogP contribution in [0.5, 0.6) is 0 Å². The van der Waals surface area contributed by atoms with Gasteiger partial charge in [-0.3, -0.25) is 19.7 Å². The largest absolute Gasteiger partial charge is 0.376 e. The monoisotopic (exact) mass is 368 g/mol. The van der Waals surface area contributed by atoms with Crippen molar-refractivity contribution in [3.05, 3.63) is 63.7 Å². The van der Waals surface area contributed by atoms with Crippen LogP contribution in [0, 0.1) is 17.0 Å². The first-order valence-corrected chi connectivity index (χ1v) is 8.62. The molecule has 8 heteroatoms. The molecule has 0 bridgehead atoms. The van der Waals surface area contributed by atoms with Crippen LogP contribution in [0.2, 0.25) is 0 Å². The SMILES string of the molecule is Cc1ccc(NC(=O)CNc2ccccc2C(=O)NC2CC2)c([N+](=O)[O-])c1. The zero-order valence-corrected chi connectivity index (χ0v) is 14.8. The Labute approximate surface area is 156 Å². The van der Waals surface area contributed by atoms with Gasteiger partial charge in [-0.2, -0.15) is 0 Å². The summed E-state index contributed by atoms with van der Waals surface area (Å²) in [5, 5.41) is 19.5. The number of nitro groups is 1. The van der Waals surface area contributed by atoms with Crippen LogP contribution in [-0.4, -0.2) is 29.3 Å². The Hall–Kier alpha value is -3.42. The number of carbonyl (C=O) groups is 2. The molecule has 0 saturated heterocycles. The summed E-state index contributed by atoms with van der Waals surface area (Å²) < 4.78 is 0. The van der Waals surface area contributed by atoms with Gasteiger partial charge in [-0.25, -0.2) is 0 Å². The molecule has 1 aliphatic rings. The van der Waals surface area contributed by atoms with Gasteiger partial charge in [-0.05, 0) is 43.5 Å². The molecule has 2 aromatic rings. The van der Waals surface area contributed by atoms with Gasteiger partial charge in [0.15, 0.2) is 0 Å². The van der Waals surface area contributed by atoms with E-state index in [1.165, 1.54) is 12.1 Å². The molecular formula is C19H20N4O4. The summed E-state index contributed by atoms with van der Waals surface area (Å²) in [6, 6.07) is 11.7. The summed E-state index contributed by atoms with van der Waals surface area (Å²) in [6.45, 7) is 1.61. The second kappa shape index (κ2) is 7.86. The minimum Gasteiger partial charge on any atom is -0.376 e. The standard InChI is InChI=1S/C19H20N4O4/c1-12-6-9-16(17(10-12)23(26)27)22-18(24)11-20-15-5-3-2-4-14(15)19(25)21-13-7-8-13/h2-6,9-10,13,20H,7-8,11H2,1H3,(H,21,25)(H,22,24). The number of carbonyl (C=O) groups excluding carboxylic acids is 2. The van der Waals surface area contributed by atoms with Crippen molar-refractivity contribution in [3.8, 4) is 0 Å². The summed E-state index contributed by atoms with van der Waals surface area (Å²) in [5.74, 6) is -0.630. The number of para-hydroxylation sites is 1. The van der Waals surface area contributed by atoms with Crippen LogP contribution >= 0.6 is 0 Å². The predicted octanol–water partition coefficient (Wildman–Crippen LogP) is 2.85. The molecule has 2 aromatic carbocycles. The lowest BCUT2D eigenvalue weighted by Crippen LogP contribution is -2.27. The Kier molecular flexibility index (Phi) is 5.35. The number of benzene rings is 2. The van der Waals surface area contributed by atoms with Gasteiger partial charge in [0, 0.05) is 17.8 Å². The lowest BCUT2D eigenvalue weighted by atomic mass is 10.1. The molecule has 8 nitrogen and oxygen atoms in total. The molecule has 1 aliphatic carbocycles. The van der Waals surface area contributed by atoms with Gasteiger partial charge in [0.25, 0.3) is 11.6 Å². The van der Waals surface area contributed by atoms with E-state index >= 15 is 0 Å². The molecule has 0 spiro atoms. The molecule has 27 heavy (non-hydrogen) atoms. The first kappa shape index (κ1) is 18.4. The average molecular weight is 368 g/mol. The van der Waals surface area contributed by atoms with Gasteiger partial charge in [-0.15, -0.1) is 0 Å². The molecular weight excluding hydrogens is 348 g/mol. The number of anilines is 2. The van der Waals surface area contributed by atoms with Crippen molar-refractivity contribution in [2.75, 3.05) is 17.2 Å². The molecule has 2 amide bonds. The predicted molar refractivity (Wildman–Crippen MR) is 102 cm³/mol. The number of nitrogens with zero attached hydrogens (tertiary/aromatic N) is 1. The number of nitrogens with one attached hydrogen (secondary N) is 3. The van der Waals surface area contributed by atoms with Crippen molar-refractivity contribution in [1.82, 2.24) is 5.32 Å². The third kappa shape index (κ3) is 4.81. The minimum atomic E-state index is -0.534. The smallest absolute Gasteiger partial charge is 0.293 e. The van der Waals surface area contributed by atoms with E-state index in [1.54, 1.807) is 37.3 Å². The summed E-state index contributed by atoms with van der Waals surface area (Å²) in [6.07, 6.45) is 1.97. The van der Waals surface area contributed by atoms with Crippen molar-refractivity contribution < 1.29 is 14.5 Å². The Morgan fingerprint density at radius 2 is 1.89 bits per heavy atom. The number of rotatable bonds is 7. The van der Waals surface area contributed by atoms with E-state index in [2.05, 4.69) is 16.0 Å². The maximum Gasteiger partial charge on any atom is 0.293 e. The van der Waals surface area contributed by atoms with Crippen LogP contribution in [0.3, 0.4) is 0 Å². The Morgan fingerprint density at radius 1 is 1.15 bits per heavy atom. The van der Waals surface area contributed by atoms with Crippen molar-refractivity contribution in [2.45, 2.75) is 25.8 Å². The van der Waals surface area contributed by atoms with E-state index in [1.807, 2.05) is 0 Å². The third-order valence-electron chi connectivity index (χ3n) is 4.15. The van der Waals surface area contributed by atoms with Crippen molar-refractivity contribution >= 4 is 28.9 Å². The molecule has 0 radical (unpaired) electrons. The van der Waals surface area contributed by atoms with Crippen LogP contribution in [0.15, 0.2) is 42.5 Å². The van der Waals surface area contributed by atoms with Crippen LogP contribution in [0.1, 0.15) is 28.8 Å². The zero-order chi connectivity index (χ0) is 19.4. The number of hydrogen-bond donors (Lipinski definition) is 3. The zero-order valence-electron chi connectivity index (χ0n) is 14.8. The fourth-order valence-electron chi connectivity index (χ4n) is 2.59. The van der Waals surface area contributed by atoms with E-state index in [-0.39, 0.29) is 29.9 Å². The summed E-state index contributed by atoms with van der Waals surface area (Å²) in [4.78, 5) is 35.1. The molecule has 0 atom stereocenters. The molecule has 140 valence electrons. The van der Waals surface area contributed by atoms with Gasteiger partial charge in [0.1, 0.15) is 5.69 Å². The van der Waals surface area contributed by atoms with Gasteiger partial charge in [0.2, 0.25) is 5.91 Å². The van der Waals surface area contributed by atoms with E-state index < -0.39 is 10.8 Å². The van der Waals surface area contributed by atoms with Crippen molar-refractivity contribution in [3.63, 3.8) is 0 Å². The van der Waals surface area contributed by atoms with Gasteiger partial charge in [-0.1, -0.05) is 18.2 Å². The van der Waals surface area contributed by atoms with Crippen molar-refractivity contribution in [2.24, 2.45) is 0 Å². The van der Waals surface area contributed by atoms with Crippen LogP contribution in [0.25, 0.3) is 0 Å². The molecule has 0 aromatic heterocycles. The van der Waals surface area contributed by atoms with Gasteiger partial charge in [0.05, 0.1) is 17.0 Å². The normalized spacial score (nSPS) is 12.9. The third-order valence-corrected chi connectivity index (χ3v) is 4.15. The minimum absolute atomic E-state index is 0.126. The fourth-order valence-corrected chi connectivity index (χ4v) is 2.59. The second-order valence-corrected chi connectivity index (χ2v) is 6.47.